The zero-order valence-electron chi connectivity index (χ0n) is 14.6. The molecular weight excluding hydrogens is 334 g/mol. The second-order valence-electron chi connectivity index (χ2n) is 7.31. The summed E-state index contributed by atoms with van der Waals surface area (Å²) in [5.41, 5.74) is 2.11. The molecule has 0 unspecified atom stereocenters. The van der Waals surface area contributed by atoms with Gasteiger partial charge in [0.05, 0.1) is 33.8 Å². The van der Waals surface area contributed by atoms with Gasteiger partial charge in [-0.1, -0.05) is 54.6 Å². The molecule has 4 nitrogen and oxygen atoms in total. The Hall–Kier alpha value is -1.82. The molecule has 2 N–H and O–H groups in total. The largest absolute Gasteiger partial charge is 0.388 e. The molecule has 0 aromatic heterocycles. The molecule has 0 spiro atoms. The van der Waals surface area contributed by atoms with E-state index in [0.29, 0.717) is 5.56 Å². The number of benzene rings is 2. The van der Waals surface area contributed by atoms with Crippen LogP contribution in [0.3, 0.4) is 0 Å². The van der Waals surface area contributed by atoms with Gasteiger partial charge in [0, 0.05) is 5.56 Å². The second-order valence-corrected chi connectivity index (χ2v) is 9.30. The molecule has 0 radical (unpaired) electrons. The van der Waals surface area contributed by atoms with Crippen molar-refractivity contribution in [1.82, 2.24) is 4.72 Å². The van der Waals surface area contributed by atoms with Crippen LogP contribution >= 0.6 is 0 Å². The fourth-order valence-electron chi connectivity index (χ4n) is 3.15. The average molecular weight is 357 g/mol. The lowest BCUT2D eigenvalue weighted by atomic mass is 9.90. The van der Waals surface area contributed by atoms with Crippen molar-refractivity contribution >= 4 is 16.8 Å². The normalized spacial score (nSPS) is 23.9. The zero-order chi connectivity index (χ0) is 18.2. The minimum atomic E-state index is -1.36. The molecule has 2 aromatic rings. The summed E-state index contributed by atoms with van der Waals surface area (Å²) >= 11 is 0. The Labute approximate surface area is 150 Å². The number of ketones is 1. The van der Waals surface area contributed by atoms with Crippen LogP contribution in [0.4, 0.5) is 0 Å². The van der Waals surface area contributed by atoms with Crippen LogP contribution in [0, 0.1) is 5.92 Å². The molecule has 0 bridgehead atoms. The molecule has 5 heteroatoms. The van der Waals surface area contributed by atoms with Crippen molar-refractivity contribution in [2.24, 2.45) is 5.92 Å². The van der Waals surface area contributed by atoms with E-state index in [4.69, 9.17) is 0 Å². The van der Waals surface area contributed by atoms with Crippen LogP contribution in [0.2, 0.25) is 0 Å². The monoisotopic (exact) mass is 357 g/mol. The van der Waals surface area contributed by atoms with Gasteiger partial charge < -0.3 is 5.11 Å². The maximum atomic E-state index is 13.1. The van der Waals surface area contributed by atoms with Gasteiger partial charge in [-0.05, 0) is 31.9 Å². The quantitative estimate of drug-likeness (QED) is 0.825. The topological polar surface area (TPSA) is 66.4 Å². The Bertz CT molecular complexity index is 798. The fraction of sp³-hybridized carbons (Fsp3) is 0.350. The van der Waals surface area contributed by atoms with E-state index in [0.717, 1.165) is 11.1 Å². The molecular formula is C20H23NO3S. The van der Waals surface area contributed by atoms with Crippen LogP contribution < -0.4 is 4.72 Å². The van der Waals surface area contributed by atoms with Crippen molar-refractivity contribution < 1.29 is 14.1 Å². The van der Waals surface area contributed by atoms with Gasteiger partial charge in [0.25, 0.3) is 0 Å². The Balaban J connectivity index is 2.00. The predicted molar refractivity (Wildman–Crippen MR) is 99.4 cm³/mol. The third kappa shape index (κ3) is 3.45. The second kappa shape index (κ2) is 6.83. The van der Waals surface area contributed by atoms with Crippen molar-refractivity contribution in [2.45, 2.75) is 37.7 Å². The SMILES string of the molecule is CC(C)(C)[S@@](=O)N[C@H]1c2ccccc2[C@@H](O)[C@@H]1C(=O)c1ccccc1. The van der Waals surface area contributed by atoms with E-state index >= 15 is 0 Å². The summed E-state index contributed by atoms with van der Waals surface area (Å²) in [5, 5.41) is 10.8. The van der Waals surface area contributed by atoms with E-state index in [9.17, 15) is 14.1 Å². The van der Waals surface area contributed by atoms with E-state index < -0.39 is 33.8 Å². The van der Waals surface area contributed by atoms with Gasteiger partial charge in [-0.25, -0.2) is 8.93 Å². The lowest BCUT2D eigenvalue weighted by Crippen LogP contribution is -2.39. The molecule has 25 heavy (non-hydrogen) atoms. The number of aliphatic hydroxyl groups excluding tert-OH is 1. The Morgan fingerprint density at radius 2 is 1.56 bits per heavy atom. The number of aliphatic hydroxyl groups is 1. The summed E-state index contributed by atoms with van der Waals surface area (Å²) in [6.07, 6.45) is -0.918. The molecule has 132 valence electrons. The molecule has 4 atom stereocenters. The standard InChI is InChI=1S/C20H23NO3S/c1-20(2,3)25(24)21-17-14-11-7-8-12-15(14)19(23)16(17)18(22)13-9-5-4-6-10-13/h4-12,16-17,19,21,23H,1-3H3/t16-,17-,19+,25+/m0/s1. The van der Waals surface area contributed by atoms with Crippen LogP contribution in [-0.4, -0.2) is 19.8 Å². The minimum Gasteiger partial charge on any atom is -0.388 e. The van der Waals surface area contributed by atoms with E-state index in [2.05, 4.69) is 4.72 Å². The molecule has 2 aromatic carbocycles. The van der Waals surface area contributed by atoms with Gasteiger partial charge in [-0.3, -0.25) is 4.79 Å². The van der Waals surface area contributed by atoms with Crippen LogP contribution in [0.15, 0.2) is 54.6 Å². The Morgan fingerprint density at radius 3 is 2.16 bits per heavy atom. The molecule has 0 amide bonds. The molecule has 1 aliphatic rings. The van der Waals surface area contributed by atoms with Gasteiger partial charge >= 0.3 is 0 Å². The summed E-state index contributed by atoms with van der Waals surface area (Å²) in [5.74, 6) is -0.848. The molecule has 0 heterocycles. The van der Waals surface area contributed by atoms with Crippen molar-refractivity contribution in [3.8, 4) is 0 Å². The molecule has 0 saturated heterocycles. The van der Waals surface area contributed by atoms with Gasteiger partial charge in [-0.15, -0.1) is 0 Å². The first-order valence-electron chi connectivity index (χ1n) is 8.35. The first kappa shape index (κ1) is 18.0. The van der Waals surface area contributed by atoms with Gasteiger partial charge in [0.2, 0.25) is 0 Å². The highest BCUT2D eigenvalue weighted by Crippen LogP contribution is 2.45. The van der Waals surface area contributed by atoms with E-state index in [-0.39, 0.29) is 5.78 Å². The number of hydrogen-bond donors (Lipinski definition) is 2. The summed E-state index contributed by atoms with van der Waals surface area (Å²) in [7, 11) is -1.36. The van der Waals surface area contributed by atoms with Crippen molar-refractivity contribution in [3.63, 3.8) is 0 Å². The molecule has 0 fully saturated rings. The number of carbonyl (C=O) groups excluding carboxylic acids is 1. The number of fused-ring (bicyclic) bond motifs is 1. The molecule has 0 aliphatic heterocycles. The highest BCUT2D eigenvalue weighted by Gasteiger charge is 2.45. The highest BCUT2D eigenvalue weighted by atomic mass is 32.2. The van der Waals surface area contributed by atoms with Crippen LogP contribution in [0.25, 0.3) is 0 Å². The Morgan fingerprint density at radius 1 is 1.00 bits per heavy atom. The molecule has 3 rings (SSSR count). The van der Waals surface area contributed by atoms with E-state index in [1.165, 1.54) is 0 Å². The zero-order valence-corrected chi connectivity index (χ0v) is 15.4. The molecule has 1 aliphatic carbocycles. The van der Waals surface area contributed by atoms with Gasteiger partial charge in [0.1, 0.15) is 0 Å². The third-order valence-electron chi connectivity index (χ3n) is 4.50. The number of carbonyl (C=O) groups is 1. The smallest absolute Gasteiger partial charge is 0.170 e. The average Bonchev–Trinajstić information content (AvgIpc) is 2.87. The number of rotatable bonds is 4. The first-order chi connectivity index (χ1) is 11.8. The summed E-state index contributed by atoms with van der Waals surface area (Å²) in [4.78, 5) is 13.1. The maximum absolute atomic E-state index is 13.1. The van der Waals surface area contributed by atoms with Crippen LogP contribution in [-0.2, 0) is 11.0 Å². The maximum Gasteiger partial charge on any atom is 0.170 e. The van der Waals surface area contributed by atoms with Crippen molar-refractivity contribution in [3.05, 3.63) is 71.3 Å². The number of hydrogen-bond acceptors (Lipinski definition) is 3. The lowest BCUT2D eigenvalue weighted by molar-refractivity contribution is 0.0671. The summed E-state index contributed by atoms with van der Waals surface area (Å²) in [6, 6.07) is 15.9. The minimum absolute atomic E-state index is 0.146. The van der Waals surface area contributed by atoms with E-state index in [1.807, 2.05) is 51.1 Å². The fourth-order valence-corrected chi connectivity index (χ4v) is 4.01. The van der Waals surface area contributed by atoms with Crippen LogP contribution in [0.1, 0.15) is 54.4 Å². The first-order valence-corrected chi connectivity index (χ1v) is 9.50. The Kier molecular flexibility index (Phi) is 4.91. The molecule has 0 saturated carbocycles. The van der Waals surface area contributed by atoms with Gasteiger partial charge in [-0.2, -0.15) is 0 Å². The third-order valence-corrected chi connectivity index (χ3v) is 6.08. The van der Waals surface area contributed by atoms with E-state index in [1.54, 1.807) is 24.3 Å². The number of nitrogens with one attached hydrogen (secondary N) is 1. The summed E-state index contributed by atoms with van der Waals surface area (Å²) in [6.45, 7) is 5.63. The number of Topliss-reactive ketones (excluding diaryl/α,β-unsaturated/α-hetero) is 1. The van der Waals surface area contributed by atoms with Gasteiger partial charge in [0.15, 0.2) is 5.78 Å². The summed E-state index contributed by atoms with van der Waals surface area (Å²) < 4.78 is 15.3. The van der Waals surface area contributed by atoms with Crippen molar-refractivity contribution in [1.29, 1.82) is 0 Å². The predicted octanol–water partition coefficient (Wildman–Crippen LogP) is 3.33. The lowest BCUT2D eigenvalue weighted by Gasteiger charge is -2.26. The van der Waals surface area contributed by atoms with Crippen molar-refractivity contribution in [2.75, 3.05) is 0 Å². The van der Waals surface area contributed by atoms with Crippen LogP contribution in [0.5, 0.6) is 0 Å². The highest BCUT2D eigenvalue weighted by molar-refractivity contribution is 7.84.